The SMILES string of the molecule is CS(=O)(=O)Cc1ccc(CNC(=O)c2sc3ccccc3c2Cl)cc1. The number of thiophene rings is 1. The van der Waals surface area contributed by atoms with E-state index < -0.39 is 9.84 Å². The van der Waals surface area contributed by atoms with Crippen LogP contribution in [0.25, 0.3) is 10.1 Å². The fourth-order valence-electron chi connectivity index (χ4n) is 2.48. The fourth-order valence-corrected chi connectivity index (χ4v) is 4.71. The van der Waals surface area contributed by atoms with E-state index in [0.29, 0.717) is 16.4 Å². The van der Waals surface area contributed by atoms with Crippen molar-refractivity contribution < 1.29 is 13.2 Å². The third kappa shape index (κ3) is 4.39. The molecule has 130 valence electrons. The molecule has 1 heterocycles. The molecular formula is C18H16ClNO3S2. The van der Waals surface area contributed by atoms with Crippen molar-refractivity contribution in [2.24, 2.45) is 0 Å². The Balaban J connectivity index is 1.68. The number of benzene rings is 2. The van der Waals surface area contributed by atoms with Crippen LogP contribution in [0.2, 0.25) is 5.02 Å². The number of amides is 1. The average molecular weight is 394 g/mol. The van der Waals surface area contributed by atoms with Gasteiger partial charge in [-0.05, 0) is 17.2 Å². The molecule has 2 aromatic carbocycles. The Hall–Kier alpha value is -1.89. The van der Waals surface area contributed by atoms with Crippen LogP contribution in [0.4, 0.5) is 0 Å². The van der Waals surface area contributed by atoms with Gasteiger partial charge in [-0.2, -0.15) is 0 Å². The first-order valence-electron chi connectivity index (χ1n) is 7.54. The maximum absolute atomic E-state index is 12.4. The lowest BCUT2D eigenvalue weighted by atomic mass is 10.1. The third-order valence-corrected chi connectivity index (χ3v) is 6.18. The van der Waals surface area contributed by atoms with E-state index in [1.807, 2.05) is 36.4 Å². The highest BCUT2D eigenvalue weighted by molar-refractivity contribution is 7.89. The molecule has 0 aliphatic heterocycles. The minimum atomic E-state index is -3.05. The van der Waals surface area contributed by atoms with Gasteiger partial charge in [0, 0.05) is 22.9 Å². The highest BCUT2D eigenvalue weighted by Gasteiger charge is 2.16. The van der Waals surface area contributed by atoms with Crippen LogP contribution in [0.3, 0.4) is 0 Å². The number of fused-ring (bicyclic) bond motifs is 1. The number of halogens is 1. The summed E-state index contributed by atoms with van der Waals surface area (Å²) in [7, 11) is -3.05. The quantitative estimate of drug-likeness (QED) is 0.711. The molecule has 0 saturated carbocycles. The van der Waals surface area contributed by atoms with E-state index in [2.05, 4.69) is 5.32 Å². The monoisotopic (exact) mass is 393 g/mol. The zero-order valence-corrected chi connectivity index (χ0v) is 15.8. The predicted octanol–water partition coefficient (Wildman–Crippen LogP) is 4.03. The summed E-state index contributed by atoms with van der Waals surface area (Å²) < 4.78 is 23.6. The van der Waals surface area contributed by atoms with E-state index in [1.54, 1.807) is 12.1 Å². The van der Waals surface area contributed by atoms with Crippen LogP contribution < -0.4 is 5.32 Å². The van der Waals surface area contributed by atoms with Gasteiger partial charge in [-0.25, -0.2) is 8.42 Å². The summed E-state index contributed by atoms with van der Waals surface area (Å²) in [5.41, 5.74) is 1.62. The van der Waals surface area contributed by atoms with E-state index in [0.717, 1.165) is 21.2 Å². The van der Waals surface area contributed by atoms with Gasteiger partial charge in [0.2, 0.25) is 0 Å². The van der Waals surface area contributed by atoms with Gasteiger partial charge in [-0.15, -0.1) is 11.3 Å². The summed E-state index contributed by atoms with van der Waals surface area (Å²) in [5, 5.41) is 4.21. The number of sulfone groups is 1. The molecule has 0 bridgehead atoms. The molecule has 0 saturated heterocycles. The number of rotatable bonds is 5. The molecule has 0 fully saturated rings. The Labute approximate surface area is 155 Å². The predicted molar refractivity (Wildman–Crippen MR) is 103 cm³/mol. The van der Waals surface area contributed by atoms with E-state index in [1.165, 1.54) is 17.6 Å². The molecule has 7 heteroatoms. The van der Waals surface area contributed by atoms with Gasteiger partial charge < -0.3 is 5.32 Å². The van der Waals surface area contributed by atoms with Crippen LogP contribution in [0, 0.1) is 0 Å². The normalized spacial score (nSPS) is 11.6. The maximum Gasteiger partial charge on any atom is 0.263 e. The molecule has 0 aliphatic rings. The molecule has 0 aliphatic carbocycles. The maximum atomic E-state index is 12.4. The minimum Gasteiger partial charge on any atom is -0.347 e. The molecule has 0 atom stereocenters. The summed E-state index contributed by atoms with van der Waals surface area (Å²) >= 11 is 7.67. The Morgan fingerprint density at radius 2 is 1.72 bits per heavy atom. The van der Waals surface area contributed by atoms with Crippen LogP contribution in [0.5, 0.6) is 0 Å². The second-order valence-corrected chi connectivity index (χ2v) is 9.38. The second-order valence-electron chi connectivity index (χ2n) is 5.81. The molecule has 4 nitrogen and oxygen atoms in total. The van der Waals surface area contributed by atoms with E-state index in [9.17, 15) is 13.2 Å². The van der Waals surface area contributed by atoms with Crippen molar-refractivity contribution in [2.75, 3.05) is 6.26 Å². The van der Waals surface area contributed by atoms with Crippen molar-refractivity contribution in [3.05, 3.63) is 69.6 Å². The van der Waals surface area contributed by atoms with Crippen LogP contribution >= 0.6 is 22.9 Å². The molecule has 3 rings (SSSR count). The zero-order valence-electron chi connectivity index (χ0n) is 13.5. The number of carbonyl (C=O) groups is 1. The van der Waals surface area contributed by atoms with Gasteiger partial charge in [0.15, 0.2) is 9.84 Å². The Morgan fingerprint density at radius 1 is 1.08 bits per heavy atom. The number of hydrogen-bond donors (Lipinski definition) is 1. The molecule has 0 spiro atoms. The van der Waals surface area contributed by atoms with Gasteiger partial charge in [0.05, 0.1) is 10.8 Å². The summed E-state index contributed by atoms with van der Waals surface area (Å²) in [6, 6.07) is 14.8. The molecule has 1 N–H and O–H groups in total. The molecule has 1 aromatic heterocycles. The van der Waals surface area contributed by atoms with Gasteiger partial charge in [-0.1, -0.05) is 54.1 Å². The van der Waals surface area contributed by atoms with Crippen molar-refractivity contribution in [1.82, 2.24) is 5.32 Å². The first-order valence-corrected chi connectivity index (χ1v) is 10.8. The summed E-state index contributed by atoms with van der Waals surface area (Å²) in [6.45, 7) is 0.350. The topological polar surface area (TPSA) is 63.2 Å². The third-order valence-electron chi connectivity index (χ3n) is 3.65. The second kappa shape index (κ2) is 7.15. The Morgan fingerprint density at radius 3 is 2.36 bits per heavy atom. The van der Waals surface area contributed by atoms with Crippen molar-refractivity contribution >= 4 is 48.8 Å². The van der Waals surface area contributed by atoms with Gasteiger partial charge in [0.1, 0.15) is 4.88 Å². The van der Waals surface area contributed by atoms with Crippen molar-refractivity contribution in [3.63, 3.8) is 0 Å². The van der Waals surface area contributed by atoms with Gasteiger partial charge in [0.25, 0.3) is 5.91 Å². The molecule has 1 amide bonds. The van der Waals surface area contributed by atoms with Gasteiger partial charge >= 0.3 is 0 Å². The average Bonchev–Trinajstić information content (AvgIpc) is 2.90. The van der Waals surface area contributed by atoms with Crippen molar-refractivity contribution in [3.8, 4) is 0 Å². The summed E-state index contributed by atoms with van der Waals surface area (Å²) in [5.74, 6) is -0.205. The molecule has 25 heavy (non-hydrogen) atoms. The fraction of sp³-hybridized carbons (Fsp3) is 0.167. The molecule has 3 aromatic rings. The summed E-state index contributed by atoms with van der Waals surface area (Å²) in [4.78, 5) is 12.9. The van der Waals surface area contributed by atoms with Gasteiger partial charge in [-0.3, -0.25) is 4.79 Å². The highest BCUT2D eigenvalue weighted by Crippen LogP contribution is 2.34. The zero-order chi connectivity index (χ0) is 18.0. The summed E-state index contributed by atoms with van der Waals surface area (Å²) in [6.07, 6.45) is 1.20. The number of hydrogen-bond acceptors (Lipinski definition) is 4. The Bertz CT molecular complexity index is 1020. The lowest BCUT2D eigenvalue weighted by Gasteiger charge is -2.06. The van der Waals surface area contributed by atoms with Crippen molar-refractivity contribution in [1.29, 1.82) is 0 Å². The van der Waals surface area contributed by atoms with E-state index in [-0.39, 0.29) is 11.7 Å². The van der Waals surface area contributed by atoms with Crippen molar-refractivity contribution in [2.45, 2.75) is 12.3 Å². The Kier molecular flexibility index (Phi) is 5.13. The largest absolute Gasteiger partial charge is 0.347 e. The number of nitrogens with one attached hydrogen (secondary N) is 1. The van der Waals surface area contributed by atoms with Crippen LogP contribution in [-0.4, -0.2) is 20.6 Å². The van der Waals surface area contributed by atoms with E-state index in [4.69, 9.17) is 11.6 Å². The molecule has 0 radical (unpaired) electrons. The van der Waals surface area contributed by atoms with Crippen LogP contribution in [0.15, 0.2) is 48.5 Å². The first-order chi connectivity index (χ1) is 11.8. The lowest BCUT2D eigenvalue weighted by molar-refractivity contribution is 0.0955. The molecule has 0 unspecified atom stereocenters. The lowest BCUT2D eigenvalue weighted by Crippen LogP contribution is -2.22. The minimum absolute atomic E-state index is 0.0109. The highest BCUT2D eigenvalue weighted by atomic mass is 35.5. The first kappa shape index (κ1) is 17.9. The number of carbonyl (C=O) groups excluding carboxylic acids is 1. The smallest absolute Gasteiger partial charge is 0.263 e. The van der Waals surface area contributed by atoms with Crippen LogP contribution in [-0.2, 0) is 22.1 Å². The standard InChI is InChI=1S/C18H16ClNO3S2/c1-25(22,23)11-13-8-6-12(7-9-13)10-20-18(21)17-16(19)14-4-2-3-5-15(14)24-17/h2-9H,10-11H2,1H3,(H,20,21). The van der Waals surface area contributed by atoms with E-state index >= 15 is 0 Å². The molecular weight excluding hydrogens is 378 g/mol. The van der Waals surface area contributed by atoms with Crippen LogP contribution in [0.1, 0.15) is 20.8 Å².